The number of hydrogen-bond acceptors (Lipinski definition) is 6. The average Bonchev–Trinajstić information content (AvgIpc) is 2.74. The molecule has 3 rings (SSSR count). The number of nitrogens with two attached hydrogens (primary N) is 1. The fraction of sp³-hybridized carbons (Fsp3) is 0.348. The minimum atomic E-state index is -3.66. The van der Waals surface area contributed by atoms with Crippen molar-refractivity contribution < 1.29 is 13.2 Å². The minimum absolute atomic E-state index is 0.128. The quantitative estimate of drug-likeness (QED) is 0.352. The van der Waals surface area contributed by atoms with Gasteiger partial charge in [-0.05, 0) is 61.0 Å². The number of sulfonamides is 1. The van der Waals surface area contributed by atoms with Crippen LogP contribution < -0.4 is 15.2 Å². The summed E-state index contributed by atoms with van der Waals surface area (Å²) in [6, 6.07) is 15.1. The van der Waals surface area contributed by atoms with E-state index < -0.39 is 10.0 Å². The standard InChI is InChI=1S/C23H29N3O3S2/c1-16(2)15-29-23-19(12-18-6-7-20(30-3)13-22(18)26-23)14-25-11-10-17-4-8-21(9-5-17)31(24,27)28/h4-9,12-13,16,25H,10-11,14-15H2,1-3H3,(H2,24,27,28). The Kier molecular flexibility index (Phi) is 7.94. The first-order valence-electron chi connectivity index (χ1n) is 10.2. The summed E-state index contributed by atoms with van der Waals surface area (Å²) in [5.74, 6) is 1.08. The first kappa shape index (κ1) is 23.5. The summed E-state index contributed by atoms with van der Waals surface area (Å²) in [7, 11) is -3.66. The van der Waals surface area contributed by atoms with Crippen molar-refractivity contribution >= 4 is 32.7 Å². The second-order valence-corrected chi connectivity index (χ2v) is 10.3. The lowest BCUT2D eigenvalue weighted by Gasteiger charge is -2.14. The summed E-state index contributed by atoms with van der Waals surface area (Å²) in [6.45, 7) is 6.22. The Balaban J connectivity index is 1.68. The zero-order valence-electron chi connectivity index (χ0n) is 18.1. The fourth-order valence-electron chi connectivity index (χ4n) is 3.10. The zero-order chi connectivity index (χ0) is 22.4. The monoisotopic (exact) mass is 459 g/mol. The number of thioether (sulfide) groups is 1. The summed E-state index contributed by atoms with van der Waals surface area (Å²) < 4.78 is 28.7. The van der Waals surface area contributed by atoms with Crippen molar-refractivity contribution in [2.45, 2.75) is 36.6 Å². The Morgan fingerprint density at radius 3 is 2.52 bits per heavy atom. The van der Waals surface area contributed by atoms with Gasteiger partial charge in [0.2, 0.25) is 15.9 Å². The molecule has 31 heavy (non-hydrogen) atoms. The van der Waals surface area contributed by atoms with Crippen LogP contribution in [-0.2, 0) is 23.0 Å². The molecule has 0 atom stereocenters. The SMILES string of the molecule is CSc1ccc2cc(CNCCc3ccc(S(N)(=O)=O)cc3)c(OCC(C)C)nc2c1. The average molecular weight is 460 g/mol. The van der Waals surface area contributed by atoms with Crippen molar-refractivity contribution in [1.29, 1.82) is 0 Å². The number of rotatable bonds is 10. The van der Waals surface area contributed by atoms with Crippen LogP contribution in [-0.4, -0.2) is 32.8 Å². The van der Waals surface area contributed by atoms with Gasteiger partial charge in [0.05, 0.1) is 17.0 Å². The van der Waals surface area contributed by atoms with Crippen molar-refractivity contribution in [3.8, 4) is 5.88 Å². The van der Waals surface area contributed by atoms with Gasteiger partial charge in [0, 0.05) is 22.4 Å². The third kappa shape index (κ3) is 6.67. The van der Waals surface area contributed by atoms with Crippen molar-refractivity contribution in [3.05, 3.63) is 59.7 Å². The third-order valence-electron chi connectivity index (χ3n) is 4.78. The van der Waals surface area contributed by atoms with E-state index in [0.29, 0.717) is 24.9 Å². The summed E-state index contributed by atoms with van der Waals surface area (Å²) >= 11 is 1.70. The summed E-state index contributed by atoms with van der Waals surface area (Å²) in [4.78, 5) is 6.08. The van der Waals surface area contributed by atoms with E-state index in [1.807, 2.05) is 0 Å². The van der Waals surface area contributed by atoms with E-state index in [4.69, 9.17) is 14.9 Å². The number of benzene rings is 2. The summed E-state index contributed by atoms with van der Waals surface area (Å²) in [6.07, 6.45) is 2.82. The van der Waals surface area contributed by atoms with E-state index >= 15 is 0 Å². The molecule has 3 aromatic rings. The number of aromatic nitrogens is 1. The molecule has 2 aromatic carbocycles. The number of hydrogen-bond donors (Lipinski definition) is 2. The van der Waals surface area contributed by atoms with Crippen molar-refractivity contribution in [2.75, 3.05) is 19.4 Å². The lowest BCUT2D eigenvalue weighted by Crippen LogP contribution is -2.18. The lowest BCUT2D eigenvalue weighted by molar-refractivity contribution is 0.259. The Labute approximate surface area is 188 Å². The van der Waals surface area contributed by atoms with E-state index in [-0.39, 0.29) is 4.90 Å². The first-order chi connectivity index (χ1) is 14.8. The molecule has 1 aromatic heterocycles. The highest BCUT2D eigenvalue weighted by Gasteiger charge is 2.11. The van der Waals surface area contributed by atoms with Gasteiger partial charge in [-0.25, -0.2) is 18.5 Å². The van der Waals surface area contributed by atoms with Gasteiger partial charge in [-0.3, -0.25) is 0 Å². The molecule has 0 spiro atoms. The molecule has 0 amide bonds. The summed E-state index contributed by atoms with van der Waals surface area (Å²) in [5.41, 5.74) is 3.00. The van der Waals surface area contributed by atoms with Gasteiger partial charge in [-0.2, -0.15) is 0 Å². The van der Waals surface area contributed by atoms with Crippen LogP contribution in [0.15, 0.2) is 58.3 Å². The fourth-order valence-corrected chi connectivity index (χ4v) is 4.05. The van der Waals surface area contributed by atoms with E-state index in [1.54, 1.807) is 36.0 Å². The molecule has 0 aliphatic carbocycles. The maximum atomic E-state index is 11.4. The highest BCUT2D eigenvalue weighted by molar-refractivity contribution is 7.98. The number of primary sulfonamides is 1. The Morgan fingerprint density at radius 2 is 1.87 bits per heavy atom. The molecule has 0 aliphatic rings. The van der Waals surface area contributed by atoms with Gasteiger partial charge in [-0.15, -0.1) is 11.8 Å². The Morgan fingerprint density at radius 1 is 1.13 bits per heavy atom. The Hall–Kier alpha value is -2.13. The third-order valence-corrected chi connectivity index (χ3v) is 6.43. The number of fused-ring (bicyclic) bond motifs is 1. The maximum Gasteiger partial charge on any atom is 0.238 e. The van der Waals surface area contributed by atoms with E-state index in [9.17, 15) is 8.42 Å². The van der Waals surface area contributed by atoms with Crippen molar-refractivity contribution in [3.63, 3.8) is 0 Å². The van der Waals surface area contributed by atoms with Crippen LogP contribution in [0.25, 0.3) is 10.9 Å². The Bertz CT molecular complexity index is 1130. The lowest BCUT2D eigenvalue weighted by atomic mass is 10.1. The van der Waals surface area contributed by atoms with Gasteiger partial charge in [0.15, 0.2) is 0 Å². The summed E-state index contributed by atoms with van der Waals surface area (Å²) in [5, 5.41) is 9.68. The maximum absolute atomic E-state index is 11.4. The molecule has 0 saturated heterocycles. The zero-order valence-corrected chi connectivity index (χ0v) is 19.7. The van der Waals surface area contributed by atoms with Crippen LogP contribution in [0, 0.1) is 5.92 Å². The molecule has 0 saturated carbocycles. The number of nitrogens with one attached hydrogen (secondary N) is 1. The minimum Gasteiger partial charge on any atom is -0.477 e. The smallest absolute Gasteiger partial charge is 0.238 e. The molecule has 0 unspecified atom stereocenters. The van der Waals surface area contributed by atoms with E-state index in [1.165, 1.54) is 4.90 Å². The van der Waals surface area contributed by atoms with Crippen LogP contribution in [0.3, 0.4) is 0 Å². The van der Waals surface area contributed by atoms with Crippen LogP contribution in [0.1, 0.15) is 25.0 Å². The molecule has 3 N–H and O–H groups in total. The predicted molar refractivity (Wildman–Crippen MR) is 127 cm³/mol. The molecule has 6 nitrogen and oxygen atoms in total. The normalized spacial score (nSPS) is 11.9. The number of ether oxygens (including phenoxy) is 1. The largest absolute Gasteiger partial charge is 0.477 e. The van der Waals surface area contributed by atoms with Gasteiger partial charge >= 0.3 is 0 Å². The number of pyridine rings is 1. The molecule has 8 heteroatoms. The molecular weight excluding hydrogens is 430 g/mol. The van der Waals surface area contributed by atoms with Gasteiger partial charge in [0.25, 0.3) is 0 Å². The van der Waals surface area contributed by atoms with Crippen LogP contribution in [0.4, 0.5) is 0 Å². The highest BCUT2D eigenvalue weighted by Crippen LogP contribution is 2.26. The molecule has 0 fully saturated rings. The van der Waals surface area contributed by atoms with Gasteiger partial charge in [-0.1, -0.05) is 32.0 Å². The topological polar surface area (TPSA) is 94.3 Å². The molecule has 0 aliphatic heterocycles. The predicted octanol–water partition coefficient (Wildman–Crippen LogP) is 3.97. The highest BCUT2D eigenvalue weighted by atomic mass is 32.2. The van der Waals surface area contributed by atoms with Crippen molar-refractivity contribution in [1.82, 2.24) is 10.3 Å². The first-order valence-corrected chi connectivity index (χ1v) is 13.0. The van der Waals surface area contributed by atoms with Gasteiger partial charge in [0.1, 0.15) is 0 Å². The van der Waals surface area contributed by atoms with Crippen molar-refractivity contribution in [2.24, 2.45) is 11.1 Å². The van der Waals surface area contributed by atoms with Crippen LogP contribution in [0.2, 0.25) is 0 Å². The second kappa shape index (κ2) is 10.5. The number of nitrogens with zero attached hydrogens (tertiary/aromatic N) is 1. The molecule has 1 heterocycles. The molecule has 0 radical (unpaired) electrons. The van der Waals surface area contributed by atoms with Gasteiger partial charge < -0.3 is 10.1 Å². The molecule has 166 valence electrons. The van der Waals surface area contributed by atoms with E-state index in [2.05, 4.69) is 49.7 Å². The molecular formula is C23H29N3O3S2. The second-order valence-electron chi connectivity index (χ2n) is 7.83. The van der Waals surface area contributed by atoms with Crippen LogP contribution in [0.5, 0.6) is 5.88 Å². The molecule has 0 bridgehead atoms. The van der Waals surface area contributed by atoms with Crippen LogP contribution >= 0.6 is 11.8 Å². The van der Waals surface area contributed by atoms with E-state index in [0.717, 1.165) is 35.0 Å².